The number of likely N-dealkylation sites (tertiary alicyclic amines) is 1. The lowest BCUT2D eigenvalue weighted by atomic mass is 10.0. The number of hydrogen-bond acceptors (Lipinski definition) is 3. The van der Waals surface area contributed by atoms with Gasteiger partial charge in [0.15, 0.2) is 0 Å². The normalized spacial score (nSPS) is 19.5. The smallest absolute Gasteiger partial charge is 0.319 e. The van der Waals surface area contributed by atoms with Gasteiger partial charge in [-0.1, -0.05) is 13.8 Å². The van der Waals surface area contributed by atoms with Crippen molar-refractivity contribution in [3.8, 4) is 0 Å². The van der Waals surface area contributed by atoms with E-state index in [1.165, 1.54) is 0 Å². The summed E-state index contributed by atoms with van der Waals surface area (Å²) < 4.78 is 0. The van der Waals surface area contributed by atoms with Crippen LogP contribution >= 0.6 is 0 Å². The van der Waals surface area contributed by atoms with Crippen LogP contribution in [0.2, 0.25) is 0 Å². The Labute approximate surface area is 159 Å². The van der Waals surface area contributed by atoms with Crippen LogP contribution < -0.4 is 16.0 Å². The number of urea groups is 1. The molecule has 1 aromatic carbocycles. The highest BCUT2D eigenvalue weighted by Gasteiger charge is 2.26. The average molecular weight is 372 g/mol. The Balaban J connectivity index is 1.54. The molecule has 4 amide bonds. The van der Waals surface area contributed by atoms with E-state index < -0.39 is 0 Å². The summed E-state index contributed by atoms with van der Waals surface area (Å²) in [7, 11) is 0. The van der Waals surface area contributed by atoms with Gasteiger partial charge >= 0.3 is 6.03 Å². The molecule has 146 valence electrons. The maximum atomic E-state index is 12.8. The van der Waals surface area contributed by atoms with E-state index in [-0.39, 0.29) is 29.8 Å². The zero-order chi connectivity index (χ0) is 19.4. The number of benzene rings is 1. The molecule has 7 heteroatoms. The molecule has 1 aromatic rings. The van der Waals surface area contributed by atoms with Crippen LogP contribution in [0.4, 0.5) is 10.5 Å². The first kappa shape index (κ1) is 19.2. The molecule has 27 heavy (non-hydrogen) atoms. The summed E-state index contributed by atoms with van der Waals surface area (Å²) in [6.45, 7) is 4.95. The van der Waals surface area contributed by atoms with Crippen molar-refractivity contribution >= 4 is 23.5 Å². The van der Waals surface area contributed by atoms with Crippen LogP contribution in [0.15, 0.2) is 24.3 Å². The zero-order valence-corrected chi connectivity index (χ0v) is 16.0. The molecule has 0 bridgehead atoms. The number of anilines is 1. The summed E-state index contributed by atoms with van der Waals surface area (Å²) >= 11 is 0. The Morgan fingerprint density at radius 3 is 2.33 bits per heavy atom. The maximum absolute atomic E-state index is 12.8. The van der Waals surface area contributed by atoms with Gasteiger partial charge < -0.3 is 20.9 Å². The van der Waals surface area contributed by atoms with Gasteiger partial charge in [-0.3, -0.25) is 9.59 Å². The molecule has 2 fully saturated rings. The van der Waals surface area contributed by atoms with Gasteiger partial charge in [-0.05, 0) is 49.9 Å². The molecule has 1 heterocycles. The monoisotopic (exact) mass is 372 g/mol. The summed E-state index contributed by atoms with van der Waals surface area (Å²) in [6, 6.07) is 7.02. The van der Waals surface area contributed by atoms with Gasteiger partial charge in [0.05, 0.1) is 0 Å². The highest BCUT2D eigenvalue weighted by atomic mass is 16.2. The van der Waals surface area contributed by atoms with E-state index in [4.69, 9.17) is 0 Å². The number of amides is 4. The molecule has 1 aliphatic carbocycles. The molecule has 2 aliphatic rings. The number of nitrogens with one attached hydrogen (secondary N) is 3. The minimum atomic E-state index is -0.212. The minimum absolute atomic E-state index is 0.00431. The van der Waals surface area contributed by atoms with Crippen molar-refractivity contribution in [3.63, 3.8) is 0 Å². The van der Waals surface area contributed by atoms with Gasteiger partial charge in [-0.25, -0.2) is 4.79 Å². The largest absolute Gasteiger partial charge is 0.351 e. The van der Waals surface area contributed by atoms with Gasteiger partial charge in [-0.15, -0.1) is 0 Å². The minimum Gasteiger partial charge on any atom is -0.351 e. The molecular weight excluding hydrogens is 344 g/mol. The molecule has 0 radical (unpaired) electrons. The Morgan fingerprint density at radius 1 is 1.00 bits per heavy atom. The standard InChI is InChI=1S/C20H28N4O3/c1-13(2)18(25)21-17-4-3-11-24(12-17)19(26)14-5-7-15(8-6-14)22-20(27)23-16-9-10-16/h5-8,13,16-17H,3-4,9-12H2,1-2H3,(H,21,25)(H2,22,23,27). The van der Waals surface area contributed by atoms with Crippen molar-refractivity contribution in [1.82, 2.24) is 15.5 Å². The maximum Gasteiger partial charge on any atom is 0.319 e. The second kappa shape index (κ2) is 8.41. The second-order valence-corrected chi connectivity index (χ2v) is 7.70. The van der Waals surface area contributed by atoms with E-state index in [0.29, 0.717) is 30.4 Å². The lowest BCUT2D eigenvalue weighted by Gasteiger charge is -2.33. The molecule has 1 saturated heterocycles. The van der Waals surface area contributed by atoms with Crippen molar-refractivity contribution in [2.75, 3.05) is 18.4 Å². The van der Waals surface area contributed by atoms with Crippen LogP contribution in [0, 0.1) is 5.92 Å². The third kappa shape index (κ3) is 5.45. The summed E-state index contributed by atoms with van der Waals surface area (Å²) in [4.78, 5) is 38.2. The quantitative estimate of drug-likeness (QED) is 0.741. The molecule has 1 aliphatic heterocycles. The summed E-state index contributed by atoms with van der Waals surface area (Å²) in [5, 5.41) is 8.65. The van der Waals surface area contributed by atoms with Gasteiger partial charge in [0.25, 0.3) is 5.91 Å². The van der Waals surface area contributed by atoms with E-state index in [0.717, 1.165) is 25.7 Å². The van der Waals surface area contributed by atoms with Crippen LogP contribution in [0.25, 0.3) is 0 Å². The molecule has 1 unspecified atom stereocenters. The Hall–Kier alpha value is -2.57. The summed E-state index contributed by atoms with van der Waals surface area (Å²) in [6.07, 6.45) is 3.83. The Morgan fingerprint density at radius 2 is 1.70 bits per heavy atom. The number of piperidine rings is 1. The SMILES string of the molecule is CC(C)C(=O)NC1CCCN(C(=O)c2ccc(NC(=O)NC3CC3)cc2)C1. The van der Waals surface area contributed by atoms with E-state index in [1.807, 2.05) is 13.8 Å². The third-order valence-corrected chi connectivity index (χ3v) is 4.88. The van der Waals surface area contributed by atoms with E-state index in [1.54, 1.807) is 29.2 Å². The number of rotatable bonds is 5. The molecule has 0 aromatic heterocycles. The van der Waals surface area contributed by atoms with Crippen molar-refractivity contribution in [1.29, 1.82) is 0 Å². The Kier molecular flexibility index (Phi) is 5.98. The number of hydrogen-bond donors (Lipinski definition) is 3. The highest BCUT2D eigenvalue weighted by molar-refractivity contribution is 5.95. The number of carbonyl (C=O) groups excluding carboxylic acids is 3. The van der Waals surface area contributed by atoms with Crippen LogP contribution in [-0.2, 0) is 4.79 Å². The molecule has 7 nitrogen and oxygen atoms in total. The molecular formula is C20H28N4O3. The fraction of sp³-hybridized carbons (Fsp3) is 0.550. The highest BCUT2D eigenvalue weighted by Crippen LogP contribution is 2.19. The fourth-order valence-electron chi connectivity index (χ4n) is 3.11. The van der Waals surface area contributed by atoms with Gasteiger partial charge in [0.1, 0.15) is 0 Å². The summed E-state index contributed by atoms with van der Waals surface area (Å²) in [5.41, 5.74) is 1.24. The lowest BCUT2D eigenvalue weighted by molar-refractivity contribution is -0.125. The van der Waals surface area contributed by atoms with Crippen LogP contribution in [0.1, 0.15) is 49.9 Å². The van der Waals surface area contributed by atoms with Crippen molar-refractivity contribution in [3.05, 3.63) is 29.8 Å². The van der Waals surface area contributed by atoms with E-state index in [9.17, 15) is 14.4 Å². The zero-order valence-electron chi connectivity index (χ0n) is 16.0. The average Bonchev–Trinajstić information content (AvgIpc) is 3.45. The fourth-order valence-corrected chi connectivity index (χ4v) is 3.11. The predicted octanol–water partition coefficient (Wildman–Crippen LogP) is 2.35. The molecule has 1 saturated carbocycles. The third-order valence-electron chi connectivity index (χ3n) is 4.88. The second-order valence-electron chi connectivity index (χ2n) is 7.70. The summed E-state index contributed by atoms with van der Waals surface area (Å²) in [5.74, 6) is -0.0880. The Bertz CT molecular complexity index is 698. The van der Waals surface area contributed by atoms with E-state index >= 15 is 0 Å². The predicted molar refractivity (Wildman–Crippen MR) is 104 cm³/mol. The van der Waals surface area contributed by atoms with Gasteiger partial charge in [-0.2, -0.15) is 0 Å². The topological polar surface area (TPSA) is 90.5 Å². The van der Waals surface area contributed by atoms with Gasteiger partial charge in [0, 0.05) is 42.3 Å². The van der Waals surface area contributed by atoms with Crippen molar-refractivity contribution in [2.45, 2.75) is 51.6 Å². The van der Waals surface area contributed by atoms with Crippen LogP contribution in [-0.4, -0.2) is 47.9 Å². The van der Waals surface area contributed by atoms with E-state index in [2.05, 4.69) is 16.0 Å². The van der Waals surface area contributed by atoms with Crippen LogP contribution in [0.5, 0.6) is 0 Å². The number of carbonyl (C=O) groups is 3. The molecule has 1 atom stereocenters. The molecule has 3 N–H and O–H groups in total. The van der Waals surface area contributed by atoms with Crippen molar-refractivity contribution in [2.24, 2.45) is 5.92 Å². The molecule has 3 rings (SSSR count). The van der Waals surface area contributed by atoms with Gasteiger partial charge in [0.2, 0.25) is 5.91 Å². The first-order chi connectivity index (χ1) is 12.9. The molecule has 0 spiro atoms. The van der Waals surface area contributed by atoms with Crippen molar-refractivity contribution < 1.29 is 14.4 Å². The first-order valence-electron chi connectivity index (χ1n) is 9.69. The first-order valence-corrected chi connectivity index (χ1v) is 9.69. The van der Waals surface area contributed by atoms with Crippen LogP contribution in [0.3, 0.4) is 0 Å². The number of nitrogens with zero attached hydrogens (tertiary/aromatic N) is 1. The lowest BCUT2D eigenvalue weighted by Crippen LogP contribution is -2.50.